The fourth-order valence-electron chi connectivity index (χ4n) is 2.48. The molecule has 0 atom stereocenters. The lowest BCUT2D eigenvalue weighted by Gasteiger charge is -2.37. The van der Waals surface area contributed by atoms with Crippen molar-refractivity contribution in [1.29, 1.82) is 0 Å². The average molecular weight is 261 g/mol. The molecular weight excluding hydrogens is 234 g/mol. The van der Waals surface area contributed by atoms with Gasteiger partial charge in [-0.1, -0.05) is 26.8 Å². The van der Waals surface area contributed by atoms with Crippen LogP contribution in [-0.4, -0.2) is 42.1 Å². The third kappa shape index (κ3) is 3.47. The zero-order valence-electron chi connectivity index (χ0n) is 13.0. The van der Waals surface area contributed by atoms with Gasteiger partial charge in [0, 0.05) is 38.4 Å². The van der Waals surface area contributed by atoms with E-state index in [1.807, 2.05) is 6.20 Å². The Kier molecular flexibility index (Phi) is 4.14. The van der Waals surface area contributed by atoms with Crippen LogP contribution in [0.5, 0.6) is 0 Å². The maximum atomic E-state index is 4.65. The number of hydrogen-bond acceptors (Lipinski definition) is 3. The second-order valence-corrected chi connectivity index (χ2v) is 6.77. The quantitative estimate of drug-likeness (QED) is 0.816. The zero-order valence-corrected chi connectivity index (χ0v) is 13.0. The molecule has 1 aliphatic rings. The van der Waals surface area contributed by atoms with Crippen LogP contribution in [0.1, 0.15) is 40.2 Å². The van der Waals surface area contributed by atoms with Crippen molar-refractivity contribution in [2.45, 2.75) is 46.1 Å². The highest BCUT2D eigenvalue weighted by Crippen LogP contribution is 2.23. The number of nitrogens with zero attached hydrogens (tertiary/aromatic N) is 3. The van der Waals surface area contributed by atoms with Crippen LogP contribution in [0.3, 0.4) is 0 Å². The van der Waals surface area contributed by atoms with E-state index in [1.165, 1.54) is 5.56 Å². The first-order valence-electron chi connectivity index (χ1n) is 7.33. The molecule has 0 saturated carbocycles. The van der Waals surface area contributed by atoms with Crippen molar-refractivity contribution in [3.05, 3.63) is 23.9 Å². The molecule has 0 aromatic carbocycles. The molecule has 0 spiro atoms. The predicted molar refractivity (Wildman–Crippen MR) is 81.9 cm³/mol. The van der Waals surface area contributed by atoms with Gasteiger partial charge < -0.3 is 4.90 Å². The molecule has 0 radical (unpaired) electrons. The molecule has 0 bridgehead atoms. The molecule has 1 saturated heterocycles. The fraction of sp³-hybridized carbons (Fsp3) is 0.688. The predicted octanol–water partition coefficient (Wildman–Crippen LogP) is 2.91. The number of hydrogen-bond donors (Lipinski definition) is 0. The summed E-state index contributed by atoms with van der Waals surface area (Å²) in [6, 6.07) is 5.04. The summed E-state index contributed by atoms with van der Waals surface area (Å²) >= 11 is 0. The van der Waals surface area contributed by atoms with Crippen molar-refractivity contribution in [1.82, 2.24) is 9.88 Å². The molecule has 0 amide bonds. The summed E-state index contributed by atoms with van der Waals surface area (Å²) in [4.78, 5) is 9.57. The summed E-state index contributed by atoms with van der Waals surface area (Å²) in [5.74, 6) is 1.12. The van der Waals surface area contributed by atoms with E-state index in [1.54, 1.807) is 0 Å². The third-order valence-corrected chi connectivity index (χ3v) is 3.98. The molecule has 1 aliphatic heterocycles. The van der Waals surface area contributed by atoms with Crippen molar-refractivity contribution in [2.24, 2.45) is 0 Å². The summed E-state index contributed by atoms with van der Waals surface area (Å²) in [7, 11) is 0. The van der Waals surface area contributed by atoms with Gasteiger partial charge in [-0.25, -0.2) is 4.98 Å². The monoisotopic (exact) mass is 261 g/mol. The highest BCUT2D eigenvalue weighted by molar-refractivity contribution is 5.41. The van der Waals surface area contributed by atoms with E-state index in [9.17, 15) is 0 Å². The van der Waals surface area contributed by atoms with Crippen molar-refractivity contribution < 1.29 is 0 Å². The Morgan fingerprint density at radius 2 is 1.68 bits per heavy atom. The number of pyridine rings is 1. The molecule has 3 heteroatoms. The van der Waals surface area contributed by atoms with E-state index in [2.05, 4.69) is 61.5 Å². The smallest absolute Gasteiger partial charge is 0.128 e. The molecule has 1 aromatic rings. The van der Waals surface area contributed by atoms with Crippen LogP contribution in [0.4, 0.5) is 5.82 Å². The van der Waals surface area contributed by atoms with E-state index in [0.29, 0.717) is 6.04 Å². The van der Waals surface area contributed by atoms with Crippen LogP contribution in [0.2, 0.25) is 0 Å². The lowest BCUT2D eigenvalue weighted by molar-refractivity contribution is 0.209. The van der Waals surface area contributed by atoms with E-state index >= 15 is 0 Å². The molecule has 2 rings (SSSR count). The molecule has 3 nitrogen and oxygen atoms in total. The topological polar surface area (TPSA) is 19.4 Å². The van der Waals surface area contributed by atoms with Crippen LogP contribution in [0, 0.1) is 0 Å². The van der Waals surface area contributed by atoms with Gasteiger partial charge in [-0.05, 0) is 30.9 Å². The summed E-state index contributed by atoms with van der Waals surface area (Å²) in [5, 5.41) is 0. The minimum Gasteiger partial charge on any atom is -0.354 e. The summed E-state index contributed by atoms with van der Waals surface area (Å²) < 4.78 is 0. The Labute approximate surface area is 117 Å². The Morgan fingerprint density at radius 1 is 1.05 bits per heavy atom. The van der Waals surface area contributed by atoms with Gasteiger partial charge in [0.2, 0.25) is 0 Å². The molecule has 19 heavy (non-hydrogen) atoms. The molecule has 0 aliphatic carbocycles. The van der Waals surface area contributed by atoms with Crippen molar-refractivity contribution in [3.63, 3.8) is 0 Å². The number of rotatable bonds is 2. The first-order chi connectivity index (χ1) is 8.88. The van der Waals surface area contributed by atoms with Crippen LogP contribution in [-0.2, 0) is 5.41 Å². The zero-order chi connectivity index (χ0) is 14.0. The highest BCUT2D eigenvalue weighted by atomic mass is 15.3. The SMILES string of the molecule is CC(C)N1CCN(c2ccc(C(C)(C)C)cn2)CC1. The second-order valence-electron chi connectivity index (χ2n) is 6.77. The molecule has 2 heterocycles. The molecule has 106 valence electrons. The number of anilines is 1. The van der Waals surface area contributed by atoms with Crippen molar-refractivity contribution in [3.8, 4) is 0 Å². The minimum absolute atomic E-state index is 0.182. The summed E-state index contributed by atoms with van der Waals surface area (Å²) in [6.07, 6.45) is 2.03. The van der Waals surface area contributed by atoms with Gasteiger partial charge >= 0.3 is 0 Å². The van der Waals surface area contributed by atoms with Gasteiger partial charge in [-0.3, -0.25) is 4.90 Å². The van der Waals surface area contributed by atoms with Crippen LogP contribution < -0.4 is 4.90 Å². The Bertz CT molecular complexity index is 395. The summed E-state index contributed by atoms with van der Waals surface area (Å²) in [6.45, 7) is 15.7. The Hall–Kier alpha value is -1.09. The first kappa shape index (κ1) is 14.3. The van der Waals surface area contributed by atoms with Crippen molar-refractivity contribution >= 4 is 5.82 Å². The standard InChI is InChI=1S/C16H27N3/c1-13(2)18-8-10-19(11-9-18)15-7-6-14(12-17-15)16(3,4)5/h6-7,12-13H,8-11H2,1-5H3. The van der Waals surface area contributed by atoms with Crippen LogP contribution in [0.25, 0.3) is 0 Å². The highest BCUT2D eigenvalue weighted by Gasteiger charge is 2.20. The van der Waals surface area contributed by atoms with Crippen LogP contribution in [0.15, 0.2) is 18.3 Å². The van der Waals surface area contributed by atoms with Gasteiger partial charge in [0.15, 0.2) is 0 Å². The Morgan fingerprint density at radius 3 is 2.11 bits per heavy atom. The second kappa shape index (κ2) is 5.49. The minimum atomic E-state index is 0.182. The first-order valence-corrected chi connectivity index (χ1v) is 7.33. The molecule has 0 unspecified atom stereocenters. The lowest BCUT2D eigenvalue weighted by atomic mass is 9.88. The number of aromatic nitrogens is 1. The largest absolute Gasteiger partial charge is 0.354 e. The van der Waals surface area contributed by atoms with Crippen LogP contribution >= 0.6 is 0 Å². The Balaban J connectivity index is 2.00. The molecular formula is C16H27N3. The third-order valence-electron chi connectivity index (χ3n) is 3.98. The maximum Gasteiger partial charge on any atom is 0.128 e. The van der Waals surface area contributed by atoms with E-state index in [0.717, 1.165) is 32.0 Å². The van der Waals surface area contributed by atoms with E-state index in [4.69, 9.17) is 0 Å². The molecule has 1 aromatic heterocycles. The van der Waals surface area contributed by atoms with Gasteiger partial charge in [0.05, 0.1) is 0 Å². The summed E-state index contributed by atoms with van der Waals surface area (Å²) in [5.41, 5.74) is 1.49. The molecule has 0 N–H and O–H groups in total. The normalized spacial score (nSPS) is 18.1. The lowest BCUT2D eigenvalue weighted by Crippen LogP contribution is -2.49. The average Bonchev–Trinajstić information content (AvgIpc) is 2.38. The number of piperazine rings is 1. The van der Waals surface area contributed by atoms with Gasteiger partial charge in [0.25, 0.3) is 0 Å². The van der Waals surface area contributed by atoms with E-state index < -0.39 is 0 Å². The van der Waals surface area contributed by atoms with Gasteiger partial charge in [-0.2, -0.15) is 0 Å². The fourth-order valence-corrected chi connectivity index (χ4v) is 2.48. The van der Waals surface area contributed by atoms with Gasteiger partial charge in [0.1, 0.15) is 5.82 Å². The van der Waals surface area contributed by atoms with Crippen molar-refractivity contribution in [2.75, 3.05) is 31.1 Å². The maximum absolute atomic E-state index is 4.65. The molecule has 1 fully saturated rings. The van der Waals surface area contributed by atoms with E-state index in [-0.39, 0.29) is 5.41 Å². The van der Waals surface area contributed by atoms with Gasteiger partial charge in [-0.15, -0.1) is 0 Å².